The van der Waals surface area contributed by atoms with Gasteiger partial charge in [0.2, 0.25) is 0 Å². The normalized spacial score (nSPS) is 23.5. The minimum Gasteiger partial charge on any atom is -0.340 e. The Morgan fingerprint density at radius 2 is 2.27 bits per heavy atom. The average Bonchev–Trinajstić information content (AvgIpc) is 3.01. The van der Waals surface area contributed by atoms with Crippen LogP contribution < -0.4 is 0 Å². The lowest BCUT2D eigenvalue weighted by Gasteiger charge is -2.28. The summed E-state index contributed by atoms with van der Waals surface area (Å²) in [7, 11) is 1.82. The quantitative estimate of drug-likeness (QED) is 0.777. The number of likely N-dealkylation sites (N-methyl/N-ethyl adjacent to an activating group) is 1. The maximum absolute atomic E-state index is 14.1. The summed E-state index contributed by atoms with van der Waals surface area (Å²) < 4.78 is 16.2. The number of likely N-dealkylation sites (tertiary alicyclic amines) is 1. The van der Waals surface area contributed by atoms with Crippen molar-refractivity contribution in [3.8, 4) is 0 Å². The number of thiazole rings is 1. The number of carbonyl (C=O) groups is 1. The van der Waals surface area contributed by atoms with Gasteiger partial charge in [-0.3, -0.25) is 9.69 Å². The Balaban J connectivity index is 1.42. The molecule has 5 nitrogen and oxygen atoms in total. The second-order valence-corrected chi connectivity index (χ2v) is 8.55. The SMILES string of the molecule is Cc1nc(CN2C[C@@H](F)C[C@H]2CN(C)C(=O)c2cccn2C2CC2)cs1. The molecule has 0 N–H and O–H groups in total. The molecule has 0 unspecified atom stereocenters. The Kier molecular flexibility index (Phi) is 4.84. The molecule has 7 heteroatoms. The van der Waals surface area contributed by atoms with Crippen LogP contribution in [0.25, 0.3) is 0 Å². The number of aryl methyl sites for hydroxylation is 1. The number of amides is 1. The number of hydrogen-bond acceptors (Lipinski definition) is 4. The minimum atomic E-state index is -0.835. The molecule has 2 aromatic heterocycles. The Morgan fingerprint density at radius 1 is 1.46 bits per heavy atom. The Bertz CT molecular complexity index is 784. The number of aromatic nitrogens is 2. The van der Waals surface area contributed by atoms with Crippen molar-refractivity contribution in [1.82, 2.24) is 19.4 Å². The molecule has 2 aliphatic rings. The van der Waals surface area contributed by atoms with Gasteiger partial charge >= 0.3 is 0 Å². The van der Waals surface area contributed by atoms with Crippen molar-refractivity contribution in [1.29, 1.82) is 0 Å². The zero-order valence-corrected chi connectivity index (χ0v) is 16.1. The van der Waals surface area contributed by atoms with E-state index >= 15 is 0 Å². The number of rotatable bonds is 6. The number of hydrogen-bond donors (Lipinski definition) is 0. The molecule has 1 aliphatic heterocycles. The van der Waals surface area contributed by atoms with Crippen molar-refractivity contribution in [2.45, 2.75) is 51.0 Å². The molecule has 3 heterocycles. The van der Waals surface area contributed by atoms with E-state index in [0.717, 1.165) is 29.2 Å². The number of nitrogens with zero attached hydrogens (tertiary/aromatic N) is 4. The highest BCUT2D eigenvalue weighted by Gasteiger charge is 2.35. The molecule has 0 aromatic carbocycles. The molecule has 26 heavy (non-hydrogen) atoms. The van der Waals surface area contributed by atoms with Gasteiger partial charge in [-0.25, -0.2) is 9.37 Å². The zero-order valence-electron chi connectivity index (χ0n) is 15.3. The summed E-state index contributed by atoms with van der Waals surface area (Å²) >= 11 is 1.62. The Morgan fingerprint density at radius 3 is 2.96 bits per heavy atom. The van der Waals surface area contributed by atoms with Gasteiger partial charge in [0, 0.05) is 50.3 Å². The fourth-order valence-corrected chi connectivity index (χ4v) is 4.44. The lowest BCUT2D eigenvalue weighted by atomic mass is 10.2. The van der Waals surface area contributed by atoms with E-state index in [1.165, 1.54) is 0 Å². The van der Waals surface area contributed by atoms with Gasteiger partial charge in [0.15, 0.2) is 0 Å². The maximum Gasteiger partial charge on any atom is 0.270 e. The van der Waals surface area contributed by atoms with Crippen molar-refractivity contribution >= 4 is 17.2 Å². The lowest BCUT2D eigenvalue weighted by molar-refractivity contribution is 0.0738. The number of halogens is 1. The maximum atomic E-state index is 14.1. The van der Waals surface area contributed by atoms with Crippen LogP contribution in [0.5, 0.6) is 0 Å². The summed E-state index contributed by atoms with van der Waals surface area (Å²) in [6.45, 7) is 3.59. The second kappa shape index (κ2) is 7.12. The third-order valence-electron chi connectivity index (χ3n) is 5.28. The van der Waals surface area contributed by atoms with Gasteiger partial charge in [-0.15, -0.1) is 11.3 Å². The van der Waals surface area contributed by atoms with Crippen molar-refractivity contribution in [3.05, 3.63) is 40.1 Å². The van der Waals surface area contributed by atoms with Gasteiger partial charge < -0.3 is 9.47 Å². The van der Waals surface area contributed by atoms with Crippen LogP contribution in [0.2, 0.25) is 0 Å². The van der Waals surface area contributed by atoms with Gasteiger partial charge in [-0.05, 0) is 38.3 Å². The van der Waals surface area contributed by atoms with Crippen molar-refractivity contribution in [2.24, 2.45) is 0 Å². The standard InChI is InChI=1S/C19H25FN4OS/c1-13-21-15(12-26-13)10-23-9-14(20)8-17(23)11-22(2)19(25)18-4-3-7-24(18)16-5-6-16/h3-4,7,12,14,16-17H,5-6,8-11H2,1-2H3/t14-,17-/m0/s1. The summed E-state index contributed by atoms with van der Waals surface area (Å²) in [6.07, 6.45) is 3.92. The topological polar surface area (TPSA) is 41.4 Å². The van der Waals surface area contributed by atoms with Crippen LogP contribution >= 0.6 is 11.3 Å². The van der Waals surface area contributed by atoms with Crippen molar-refractivity contribution < 1.29 is 9.18 Å². The van der Waals surface area contributed by atoms with Gasteiger partial charge in [-0.1, -0.05) is 0 Å². The Labute approximate surface area is 157 Å². The highest BCUT2D eigenvalue weighted by molar-refractivity contribution is 7.09. The molecule has 0 bridgehead atoms. The third-order valence-corrected chi connectivity index (χ3v) is 6.10. The van der Waals surface area contributed by atoms with E-state index < -0.39 is 6.17 Å². The van der Waals surface area contributed by atoms with Crippen LogP contribution in [-0.2, 0) is 6.54 Å². The van der Waals surface area contributed by atoms with Gasteiger partial charge in [0.1, 0.15) is 11.9 Å². The Hall–Kier alpha value is -1.73. The fraction of sp³-hybridized carbons (Fsp3) is 0.579. The highest BCUT2D eigenvalue weighted by atomic mass is 32.1. The van der Waals surface area contributed by atoms with E-state index in [4.69, 9.17) is 0 Å². The molecular formula is C19H25FN4OS. The molecule has 4 rings (SSSR count). The molecule has 1 aliphatic carbocycles. The monoisotopic (exact) mass is 376 g/mol. The van der Waals surface area contributed by atoms with E-state index in [9.17, 15) is 9.18 Å². The molecule has 2 fully saturated rings. The summed E-state index contributed by atoms with van der Waals surface area (Å²) in [4.78, 5) is 21.2. The molecule has 1 saturated carbocycles. The summed E-state index contributed by atoms with van der Waals surface area (Å²) in [5, 5.41) is 3.07. The fourth-order valence-electron chi connectivity index (χ4n) is 3.84. The first-order chi connectivity index (χ1) is 12.5. The van der Waals surface area contributed by atoms with Crippen LogP contribution in [-0.4, -0.2) is 57.6 Å². The largest absolute Gasteiger partial charge is 0.340 e. The summed E-state index contributed by atoms with van der Waals surface area (Å²) in [5.41, 5.74) is 1.73. The average molecular weight is 377 g/mol. The summed E-state index contributed by atoms with van der Waals surface area (Å²) in [5.74, 6) is 0.0219. The number of carbonyl (C=O) groups excluding carboxylic acids is 1. The molecule has 0 spiro atoms. The molecule has 1 amide bonds. The van der Waals surface area contributed by atoms with Gasteiger partial charge in [-0.2, -0.15) is 0 Å². The third kappa shape index (κ3) is 3.69. The predicted octanol–water partition coefficient (Wildman–Crippen LogP) is 3.27. The van der Waals surface area contributed by atoms with Gasteiger partial charge in [0.25, 0.3) is 5.91 Å². The van der Waals surface area contributed by atoms with Crippen LogP contribution in [0.3, 0.4) is 0 Å². The molecule has 2 atom stereocenters. The summed E-state index contributed by atoms with van der Waals surface area (Å²) in [6, 6.07) is 4.33. The molecule has 1 saturated heterocycles. The van der Waals surface area contributed by atoms with Crippen molar-refractivity contribution in [3.63, 3.8) is 0 Å². The zero-order chi connectivity index (χ0) is 18.3. The van der Waals surface area contributed by atoms with Gasteiger partial charge in [0.05, 0.1) is 10.7 Å². The molecule has 0 radical (unpaired) electrons. The van der Waals surface area contributed by atoms with E-state index in [1.54, 1.807) is 16.2 Å². The first-order valence-corrected chi connectivity index (χ1v) is 10.1. The number of alkyl halides is 1. The van der Waals surface area contributed by atoms with E-state index in [2.05, 4.69) is 14.5 Å². The van der Waals surface area contributed by atoms with Crippen molar-refractivity contribution in [2.75, 3.05) is 20.1 Å². The first kappa shape index (κ1) is 17.7. The van der Waals surface area contributed by atoms with E-state index in [0.29, 0.717) is 32.1 Å². The van der Waals surface area contributed by atoms with Crippen LogP contribution in [0, 0.1) is 6.92 Å². The van der Waals surface area contributed by atoms with Crippen LogP contribution in [0.4, 0.5) is 4.39 Å². The second-order valence-electron chi connectivity index (χ2n) is 7.49. The smallest absolute Gasteiger partial charge is 0.270 e. The predicted molar refractivity (Wildman–Crippen MR) is 100 cm³/mol. The van der Waals surface area contributed by atoms with Crippen LogP contribution in [0.15, 0.2) is 23.7 Å². The minimum absolute atomic E-state index is 0.0219. The van der Waals surface area contributed by atoms with E-state index in [1.807, 2.05) is 37.7 Å². The first-order valence-electron chi connectivity index (χ1n) is 9.22. The lowest BCUT2D eigenvalue weighted by Crippen LogP contribution is -2.41. The van der Waals surface area contributed by atoms with Crippen LogP contribution in [0.1, 0.15) is 46.5 Å². The molecular weight excluding hydrogens is 351 g/mol. The molecule has 2 aromatic rings. The highest BCUT2D eigenvalue weighted by Crippen LogP contribution is 2.36. The molecule has 140 valence electrons. The van der Waals surface area contributed by atoms with E-state index in [-0.39, 0.29) is 11.9 Å².